The van der Waals surface area contributed by atoms with Gasteiger partial charge in [-0.2, -0.15) is 0 Å². The highest BCUT2D eigenvalue weighted by molar-refractivity contribution is 5.80. The van der Waals surface area contributed by atoms with Crippen LogP contribution in [0.4, 0.5) is 0 Å². The maximum Gasteiger partial charge on any atom is 0.193 e. The summed E-state index contributed by atoms with van der Waals surface area (Å²) >= 11 is 0. The second kappa shape index (κ2) is 8.63. The summed E-state index contributed by atoms with van der Waals surface area (Å²) in [4.78, 5) is 11.2. The van der Waals surface area contributed by atoms with Crippen molar-refractivity contribution in [3.05, 3.63) is 18.7 Å². The lowest BCUT2D eigenvalue weighted by Crippen LogP contribution is -2.51. The Balaban J connectivity index is 1.61. The summed E-state index contributed by atoms with van der Waals surface area (Å²) in [5, 5.41) is 3.66. The number of hydrogen-bond acceptors (Lipinski definition) is 3. The molecule has 0 saturated carbocycles. The molecule has 0 radical (unpaired) electrons. The van der Waals surface area contributed by atoms with E-state index < -0.39 is 0 Å². The molecule has 4 atom stereocenters. The Bertz CT molecular complexity index is 607. The van der Waals surface area contributed by atoms with E-state index in [2.05, 4.69) is 58.7 Å². The van der Waals surface area contributed by atoms with Crippen molar-refractivity contribution in [2.45, 2.75) is 59.1 Å². The molecule has 4 unspecified atom stereocenters. The van der Waals surface area contributed by atoms with E-state index in [1.807, 2.05) is 19.6 Å². The Kier molecular flexibility index (Phi) is 6.45. The van der Waals surface area contributed by atoms with Gasteiger partial charge in [-0.25, -0.2) is 4.98 Å². The Hall–Kier alpha value is -1.56. The van der Waals surface area contributed by atoms with Crippen LogP contribution < -0.4 is 5.32 Å². The van der Waals surface area contributed by atoms with Crippen molar-refractivity contribution in [1.82, 2.24) is 19.8 Å². The van der Waals surface area contributed by atoms with Crippen molar-refractivity contribution in [3.8, 4) is 0 Å². The number of piperidine rings is 1. The van der Waals surface area contributed by atoms with Crippen molar-refractivity contribution < 1.29 is 4.74 Å². The van der Waals surface area contributed by atoms with Crippen LogP contribution in [0.5, 0.6) is 0 Å². The van der Waals surface area contributed by atoms with E-state index in [0.29, 0.717) is 24.0 Å². The lowest BCUT2D eigenvalue weighted by molar-refractivity contribution is -0.0836. The first-order chi connectivity index (χ1) is 12.9. The van der Waals surface area contributed by atoms with E-state index in [0.717, 1.165) is 38.6 Å². The molecule has 1 N–H and O–H groups in total. The number of aromatic nitrogens is 2. The monoisotopic (exact) mass is 375 g/mol. The van der Waals surface area contributed by atoms with Gasteiger partial charge < -0.3 is 19.5 Å². The number of guanidine groups is 1. The van der Waals surface area contributed by atoms with E-state index in [1.54, 1.807) is 0 Å². The van der Waals surface area contributed by atoms with Crippen molar-refractivity contribution in [1.29, 1.82) is 0 Å². The van der Waals surface area contributed by atoms with Crippen LogP contribution in [0.3, 0.4) is 0 Å². The molecule has 0 spiro atoms. The van der Waals surface area contributed by atoms with Crippen LogP contribution in [0.2, 0.25) is 0 Å². The average molecular weight is 376 g/mol. The molecule has 2 aliphatic heterocycles. The zero-order valence-corrected chi connectivity index (χ0v) is 17.7. The number of aliphatic imine (C=N–C) groups is 1. The molecule has 0 aromatic carbocycles. The predicted molar refractivity (Wildman–Crippen MR) is 110 cm³/mol. The zero-order valence-electron chi connectivity index (χ0n) is 17.7. The maximum atomic E-state index is 6.14. The largest absolute Gasteiger partial charge is 0.377 e. The van der Waals surface area contributed by atoms with Crippen LogP contribution in [0, 0.1) is 17.3 Å². The standard InChI is InChI=1S/C21H37N5O/c1-16-8-10-25(14-18(16)26-11-9-23-15-26)20(22-5)24-13-17-7-6-12-27-19(17)21(2,3)4/h9,11,15-19H,6-8,10,12-14H2,1-5H3,(H,22,24). The van der Waals surface area contributed by atoms with Crippen LogP contribution in [-0.2, 0) is 4.74 Å². The third-order valence-electron chi connectivity index (χ3n) is 6.16. The lowest BCUT2D eigenvalue weighted by atomic mass is 9.78. The minimum atomic E-state index is 0.170. The van der Waals surface area contributed by atoms with Gasteiger partial charge in [0.1, 0.15) is 0 Å². The van der Waals surface area contributed by atoms with Gasteiger partial charge in [-0.3, -0.25) is 4.99 Å². The minimum absolute atomic E-state index is 0.170. The average Bonchev–Trinajstić information content (AvgIpc) is 3.17. The summed E-state index contributed by atoms with van der Waals surface area (Å²) in [6.45, 7) is 13.0. The van der Waals surface area contributed by atoms with Crippen molar-refractivity contribution >= 4 is 5.96 Å². The van der Waals surface area contributed by atoms with Gasteiger partial charge in [0.2, 0.25) is 0 Å². The third kappa shape index (κ3) is 4.84. The number of nitrogens with zero attached hydrogens (tertiary/aromatic N) is 4. The van der Waals surface area contributed by atoms with Gasteiger partial charge in [0.25, 0.3) is 0 Å². The van der Waals surface area contributed by atoms with Crippen LogP contribution in [0.15, 0.2) is 23.7 Å². The Morgan fingerprint density at radius 2 is 2.15 bits per heavy atom. The minimum Gasteiger partial charge on any atom is -0.377 e. The first kappa shape index (κ1) is 20.2. The van der Waals surface area contributed by atoms with Crippen molar-refractivity contribution in [2.24, 2.45) is 22.2 Å². The van der Waals surface area contributed by atoms with Gasteiger partial charge in [-0.1, -0.05) is 27.7 Å². The Morgan fingerprint density at radius 1 is 1.33 bits per heavy atom. The fourth-order valence-corrected chi connectivity index (χ4v) is 4.66. The molecule has 1 aromatic rings. The van der Waals surface area contributed by atoms with E-state index in [4.69, 9.17) is 4.74 Å². The highest BCUT2D eigenvalue weighted by atomic mass is 16.5. The number of rotatable bonds is 3. The normalized spacial score (nSPS) is 30.4. The van der Waals surface area contributed by atoms with Crippen LogP contribution in [-0.4, -0.2) is 59.8 Å². The molecule has 3 heterocycles. The van der Waals surface area contributed by atoms with Crippen LogP contribution in [0.1, 0.15) is 53.0 Å². The van der Waals surface area contributed by atoms with Gasteiger partial charge in [0.05, 0.1) is 18.5 Å². The molecular weight excluding hydrogens is 338 g/mol. The molecule has 0 amide bonds. The fraction of sp³-hybridized carbons (Fsp3) is 0.810. The highest BCUT2D eigenvalue weighted by Gasteiger charge is 2.36. The summed E-state index contributed by atoms with van der Waals surface area (Å²) in [6.07, 6.45) is 9.73. The molecule has 27 heavy (non-hydrogen) atoms. The molecular formula is C21H37N5O. The molecule has 2 fully saturated rings. The van der Waals surface area contributed by atoms with Gasteiger partial charge in [-0.05, 0) is 30.6 Å². The second-order valence-electron chi connectivity index (χ2n) is 9.28. The smallest absolute Gasteiger partial charge is 0.193 e. The summed E-state index contributed by atoms with van der Waals surface area (Å²) in [5.74, 6) is 2.19. The molecule has 0 bridgehead atoms. The topological polar surface area (TPSA) is 54.7 Å². The van der Waals surface area contributed by atoms with Gasteiger partial charge in [-0.15, -0.1) is 0 Å². The van der Waals surface area contributed by atoms with Crippen molar-refractivity contribution in [3.63, 3.8) is 0 Å². The van der Waals surface area contributed by atoms with E-state index in [9.17, 15) is 0 Å². The summed E-state index contributed by atoms with van der Waals surface area (Å²) < 4.78 is 8.39. The summed E-state index contributed by atoms with van der Waals surface area (Å²) in [6, 6.07) is 0.445. The zero-order chi connectivity index (χ0) is 19.4. The summed E-state index contributed by atoms with van der Waals surface area (Å²) in [5.41, 5.74) is 0.170. The predicted octanol–water partition coefficient (Wildman–Crippen LogP) is 3.18. The number of ether oxygens (including phenoxy) is 1. The first-order valence-electron chi connectivity index (χ1n) is 10.4. The first-order valence-corrected chi connectivity index (χ1v) is 10.4. The van der Waals surface area contributed by atoms with E-state index >= 15 is 0 Å². The van der Waals surface area contributed by atoms with E-state index in [1.165, 1.54) is 12.8 Å². The van der Waals surface area contributed by atoms with Crippen LogP contribution >= 0.6 is 0 Å². The molecule has 152 valence electrons. The molecule has 0 aliphatic carbocycles. The Labute approximate surface area is 164 Å². The van der Waals surface area contributed by atoms with Gasteiger partial charge in [0.15, 0.2) is 5.96 Å². The van der Waals surface area contributed by atoms with Crippen LogP contribution in [0.25, 0.3) is 0 Å². The SMILES string of the molecule is CN=C(NCC1CCCOC1C(C)(C)C)N1CCC(C)C(n2ccnc2)C1. The quantitative estimate of drug-likeness (QED) is 0.651. The molecule has 6 heteroatoms. The van der Waals surface area contributed by atoms with Gasteiger partial charge >= 0.3 is 0 Å². The highest BCUT2D eigenvalue weighted by Crippen LogP contribution is 2.34. The molecule has 3 rings (SSSR count). The molecule has 6 nitrogen and oxygen atoms in total. The number of hydrogen-bond donors (Lipinski definition) is 1. The second-order valence-corrected chi connectivity index (χ2v) is 9.28. The lowest BCUT2D eigenvalue weighted by Gasteiger charge is -2.42. The third-order valence-corrected chi connectivity index (χ3v) is 6.16. The van der Waals surface area contributed by atoms with E-state index in [-0.39, 0.29) is 5.41 Å². The number of nitrogens with one attached hydrogen (secondary N) is 1. The summed E-state index contributed by atoms with van der Waals surface area (Å²) in [7, 11) is 1.89. The van der Waals surface area contributed by atoms with Gasteiger partial charge in [0, 0.05) is 51.6 Å². The fourth-order valence-electron chi connectivity index (χ4n) is 4.66. The van der Waals surface area contributed by atoms with Crippen molar-refractivity contribution in [2.75, 3.05) is 33.3 Å². The molecule has 2 aliphatic rings. The number of likely N-dealkylation sites (tertiary alicyclic amines) is 1. The molecule has 2 saturated heterocycles. The molecule has 1 aromatic heterocycles. The number of imidazole rings is 1. The Morgan fingerprint density at radius 3 is 2.81 bits per heavy atom. The maximum absolute atomic E-state index is 6.14.